The molecule has 21 nitrogen and oxygen atoms in total. The van der Waals surface area contributed by atoms with E-state index in [1.165, 1.54) is 12.1 Å². The number of aromatic nitrogens is 8. The van der Waals surface area contributed by atoms with E-state index in [-0.39, 0.29) is 44.9 Å². The molecule has 2 aliphatic rings. The van der Waals surface area contributed by atoms with Crippen molar-refractivity contribution in [3.05, 3.63) is 64.2 Å². The molecule has 2 saturated heterocycles. The molecular formula is C31H32ClF2N10O11PS. The lowest BCUT2D eigenvalue weighted by atomic mass is 10.1. The highest BCUT2D eigenvalue weighted by Gasteiger charge is 2.62. The number of anilines is 2. The molecule has 26 heteroatoms. The summed E-state index contributed by atoms with van der Waals surface area (Å²) >= 11 is 11.0. The first-order valence-corrected chi connectivity index (χ1v) is 19.8. The zero-order chi connectivity index (χ0) is 41.0. The molecule has 0 bridgehead atoms. The van der Waals surface area contributed by atoms with E-state index < -0.39 is 92.2 Å². The minimum Gasteiger partial charge on any atom is -0.453 e. The highest BCUT2D eigenvalue weighted by atomic mass is 35.5. The second-order valence-corrected chi connectivity index (χ2v) is 16.2. The summed E-state index contributed by atoms with van der Waals surface area (Å²) in [4.78, 5) is 71.8. The largest absolute Gasteiger partial charge is 0.453 e. The van der Waals surface area contributed by atoms with Crippen molar-refractivity contribution in [1.29, 1.82) is 0 Å². The minimum absolute atomic E-state index is 0.0662. The van der Waals surface area contributed by atoms with E-state index >= 15 is 8.78 Å². The second kappa shape index (κ2) is 15.6. The van der Waals surface area contributed by atoms with E-state index in [9.17, 15) is 29.5 Å². The molecule has 2 fully saturated rings. The summed E-state index contributed by atoms with van der Waals surface area (Å²) in [5.74, 6) is -6.31. The number of esters is 1. The van der Waals surface area contributed by atoms with Crippen LogP contribution in [0.3, 0.4) is 0 Å². The van der Waals surface area contributed by atoms with Crippen molar-refractivity contribution in [3.63, 3.8) is 0 Å². The van der Waals surface area contributed by atoms with Gasteiger partial charge in [0.15, 0.2) is 41.1 Å². The van der Waals surface area contributed by atoms with Crippen molar-refractivity contribution < 1.29 is 56.7 Å². The third-order valence-electron chi connectivity index (χ3n) is 8.89. The molecule has 4 aromatic heterocycles. The molecule has 0 radical (unpaired) electrons. The van der Waals surface area contributed by atoms with E-state index in [1.54, 1.807) is 32.0 Å². The van der Waals surface area contributed by atoms with Gasteiger partial charge >= 0.3 is 18.6 Å². The molecule has 1 amide bonds. The van der Waals surface area contributed by atoms with Gasteiger partial charge in [-0.25, -0.2) is 14.8 Å². The smallest absolute Gasteiger partial charge is 0.338 e. The highest BCUT2D eigenvalue weighted by Crippen LogP contribution is 2.54. The van der Waals surface area contributed by atoms with Crippen molar-refractivity contribution in [2.45, 2.75) is 62.7 Å². The van der Waals surface area contributed by atoms with Gasteiger partial charge in [0.05, 0.1) is 31.4 Å². The Morgan fingerprint density at radius 1 is 1.11 bits per heavy atom. The molecule has 7 N–H and O–H groups in total. The van der Waals surface area contributed by atoms with Crippen LogP contribution in [0.5, 0.6) is 0 Å². The van der Waals surface area contributed by atoms with Gasteiger partial charge in [0.1, 0.15) is 23.8 Å². The number of amides is 1. The first kappa shape index (κ1) is 40.6. The number of nitrogens with one attached hydrogen (secondary N) is 2. The number of alkyl halides is 2. The van der Waals surface area contributed by atoms with Crippen LogP contribution in [0.15, 0.2) is 47.8 Å². The summed E-state index contributed by atoms with van der Waals surface area (Å²) in [7, 11) is 0. The number of H-pyrrole nitrogens is 1. The van der Waals surface area contributed by atoms with Crippen LogP contribution in [0.1, 0.15) is 36.7 Å². The van der Waals surface area contributed by atoms with Crippen LogP contribution in [-0.2, 0) is 39.9 Å². The van der Waals surface area contributed by atoms with Crippen LogP contribution in [0.25, 0.3) is 22.3 Å². The van der Waals surface area contributed by atoms with Crippen molar-refractivity contribution in [3.8, 4) is 0 Å². The minimum atomic E-state index is -4.73. The van der Waals surface area contributed by atoms with Gasteiger partial charge in [0, 0.05) is 5.92 Å². The van der Waals surface area contributed by atoms with Crippen LogP contribution in [0, 0.1) is 5.92 Å². The molecule has 8 atom stereocenters. The Hall–Kier alpha value is -4.62. The van der Waals surface area contributed by atoms with Gasteiger partial charge < -0.3 is 39.6 Å². The lowest BCUT2D eigenvalue weighted by Gasteiger charge is -2.28. The molecule has 1 aromatic carbocycles. The number of aliphatic hydroxyl groups excluding tert-OH is 2. The number of hydrogen-bond acceptors (Lipinski definition) is 17. The third-order valence-corrected chi connectivity index (χ3v) is 10.6. The molecule has 57 heavy (non-hydrogen) atoms. The molecule has 2 unspecified atom stereocenters. The number of hydrogen-bond donors (Lipinski definition) is 6. The number of nitrogens with two attached hydrogens (primary N) is 1. The maximum absolute atomic E-state index is 16.1. The Kier molecular flexibility index (Phi) is 11.1. The molecule has 7 rings (SSSR count). The topological polar surface area (TPSA) is 286 Å². The standard InChI is InChI=1S/C31H32ClF2N10O11PS/c1-12(2)24(47)41-30-40-23-17(25(48)42-30)37-10-43(23)26-18(46)19(54-27(49)13-6-4-3-5-7-13)15(52-26)9-51-56(50,57)55-20-14(8-45)53-28(31(20,33)34)44-11-36-16-21(35)38-29(32)39-22(16)44/h3-7,10-12,14-15,18-20,26,28,45-46H,8-9H2,1-2H3,(H,50,57)(H2,35,38,39)(H2,40,41,42,47,48)/t14-,15-,18?,19+,20+,26-,28-,56?/m1/s1. The van der Waals surface area contributed by atoms with Crippen molar-refractivity contribution in [2.24, 2.45) is 5.92 Å². The molecule has 304 valence electrons. The van der Waals surface area contributed by atoms with Gasteiger partial charge in [-0.1, -0.05) is 32.0 Å². The van der Waals surface area contributed by atoms with E-state index in [0.717, 1.165) is 21.8 Å². The fourth-order valence-corrected chi connectivity index (χ4v) is 7.69. The summed E-state index contributed by atoms with van der Waals surface area (Å²) in [5, 5.41) is 23.7. The Bertz CT molecular complexity index is 2440. The van der Waals surface area contributed by atoms with Crippen LogP contribution in [0.4, 0.5) is 20.5 Å². The summed E-state index contributed by atoms with van der Waals surface area (Å²) in [5.41, 5.74) is 4.51. The van der Waals surface area contributed by atoms with E-state index in [2.05, 4.69) is 35.2 Å². The lowest BCUT2D eigenvalue weighted by Crippen LogP contribution is -2.41. The van der Waals surface area contributed by atoms with Crippen molar-refractivity contribution >= 4 is 76.1 Å². The summed E-state index contributed by atoms with van der Waals surface area (Å²) in [6.07, 6.45) is -10.6. The van der Waals surface area contributed by atoms with Gasteiger partial charge in [0.2, 0.25) is 23.4 Å². The number of carbonyl (C=O) groups excluding carboxylic acids is 2. The number of halogens is 3. The summed E-state index contributed by atoms with van der Waals surface area (Å²) < 4.78 is 62.0. The van der Waals surface area contributed by atoms with E-state index in [0.29, 0.717) is 0 Å². The fourth-order valence-electron chi connectivity index (χ4n) is 6.10. The molecule has 0 aliphatic carbocycles. The quantitative estimate of drug-likeness (QED) is 0.0588. The zero-order valence-corrected chi connectivity index (χ0v) is 31.8. The Labute approximate surface area is 328 Å². The monoisotopic (exact) mass is 856 g/mol. The first-order valence-electron chi connectivity index (χ1n) is 16.8. The number of rotatable bonds is 12. The maximum Gasteiger partial charge on any atom is 0.338 e. The number of nitrogen functional groups attached to an aromatic ring is 1. The van der Waals surface area contributed by atoms with Gasteiger partial charge in [0.25, 0.3) is 5.56 Å². The number of benzene rings is 1. The SMILES string of the molecule is CC(C)C(=O)Nc1nc2c(ncn2[C@@H]2O[C@H](COP(O)(=S)O[C@H]3[C@@H](CO)O[C@@H](n4cnc5c(N)nc(Cl)nc54)C3(F)F)[C@H](OC(=O)c3ccccc3)C2O)c(=O)[nH]1. The van der Waals surface area contributed by atoms with Crippen LogP contribution in [-0.4, -0.2) is 116 Å². The average Bonchev–Trinajstić information content (AvgIpc) is 3.91. The van der Waals surface area contributed by atoms with Crippen LogP contribution in [0.2, 0.25) is 5.28 Å². The lowest BCUT2D eigenvalue weighted by molar-refractivity contribution is -0.135. The third kappa shape index (κ3) is 7.84. The van der Waals surface area contributed by atoms with Crippen LogP contribution >= 0.6 is 18.3 Å². The Morgan fingerprint density at radius 3 is 2.49 bits per heavy atom. The van der Waals surface area contributed by atoms with E-state index in [4.69, 9.17) is 52.4 Å². The van der Waals surface area contributed by atoms with Crippen molar-refractivity contribution in [2.75, 3.05) is 24.3 Å². The number of imidazole rings is 2. The number of ether oxygens (including phenoxy) is 3. The number of nitrogens with zero attached hydrogens (tertiary/aromatic N) is 7. The maximum atomic E-state index is 16.1. The Balaban J connectivity index is 1.14. The Morgan fingerprint density at radius 2 is 1.79 bits per heavy atom. The fraction of sp³-hybridized carbons (Fsp3) is 0.419. The predicted octanol–water partition coefficient (Wildman–Crippen LogP) is 1.42. The highest BCUT2D eigenvalue weighted by molar-refractivity contribution is 8.07. The second-order valence-electron chi connectivity index (χ2n) is 13.1. The molecule has 5 aromatic rings. The summed E-state index contributed by atoms with van der Waals surface area (Å²) in [6, 6.07) is 7.68. The normalized spacial score (nSPS) is 25.6. The molecule has 6 heterocycles. The first-order chi connectivity index (χ1) is 27.0. The molecule has 0 saturated carbocycles. The zero-order valence-electron chi connectivity index (χ0n) is 29.4. The summed E-state index contributed by atoms with van der Waals surface area (Å²) in [6.45, 7) is -3.33. The number of aromatic amines is 1. The molecule has 2 aliphatic heterocycles. The number of aliphatic hydroxyl groups is 2. The van der Waals surface area contributed by atoms with Crippen LogP contribution < -0.4 is 16.6 Å². The predicted molar refractivity (Wildman–Crippen MR) is 195 cm³/mol. The van der Waals surface area contributed by atoms with Gasteiger partial charge in [-0.05, 0) is 35.5 Å². The van der Waals surface area contributed by atoms with Gasteiger partial charge in [-0.3, -0.25) is 33.5 Å². The van der Waals surface area contributed by atoms with Crippen molar-refractivity contribution in [1.82, 2.24) is 39.0 Å². The number of fused-ring (bicyclic) bond motifs is 2. The number of carbonyl (C=O) groups is 2. The van der Waals surface area contributed by atoms with E-state index in [1.807, 2.05) is 0 Å². The van der Waals surface area contributed by atoms with Gasteiger partial charge in [-0.15, -0.1) is 0 Å². The average molecular weight is 857 g/mol. The molecular weight excluding hydrogens is 825 g/mol. The molecule has 0 spiro atoms. The van der Waals surface area contributed by atoms with Gasteiger partial charge in [-0.2, -0.15) is 23.7 Å².